The monoisotopic (exact) mass is 224 g/mol. The Hall–Kier alpha value is -0.500. The summed E-state index contributed by atoms with van der Waals surface area (Å²) in [6.45, 7) is 6.66. The topological polar surface area (TPSA) is 3.88 Å². The summed E-state index contributed by atoms with van der Waals surface area (Å²) in [6.07, 6.45) is 8.22. The fraction of sp³-hybridized carbons (Fsp3) is 0.615. The quantitative estimate of drug-likeness (QED) is 0.529. The van der Waals surface area contributed by atoms with E-state index in [2.05, 4.69) is 43.8 Å². The van der Waals surface area contributed by atoms with Crippen molar-refractivity contribution in [3.63, 3.8) is 0 Å². The van der Waals surface area contributed by atoms with Gasteiger partial charge in [0.05, 0.1) is 0 Å². The van der Waals surface area contributed by atoms with Crippen LogP contribution in [0, 0.1) is 6.92 Å². The van der Waals surface area contributed by atoms with E-state index in [1.165, 1.54) is 29.7 Å². The zero-order chi connectivity index (χ0) is 11.1. The third-order valence-corrected chi connectivity index (χ3v) is 3.65. The van der Waals surface area contributed by atoms with Crippen molar-refractivity contribution in [3.05, 3.63) is 29.6 Å². The standard InChI is InChI=1S/C13H22NS/c1-4-6-9-15-11-14-8-7-13(5-2)12(3)10-14/h7-8,10H,4-6,9,11H2,1-3H3/q+1. The molecule has 0 aliphatic carbocycles. The number of nitrogens with zero attached hydrogens (tertiary/aromatic N) is 1. The first-order valence-electron chi connectivity index (χ1n) is 5.84. The van der Waals surface area contributed by atoms with Gasteiger partial charge in [0.1, 0.15) is 0 Å². The molecular formula is C13H22NS+. The van der Waals surface area contributed by atoms with E-state index in [1.54, 1.807) is 0 Å². The second-order valence-corrected chi connectivity index (χ2v) is 4.99. The fourth-order valence-corrected chi connectivity index (χ4v) is 2.58. The second-order valence-electron chi connectivity index (χ2n) is 3.91. The van der Waals surface area contributed by atoms with Crippen molar-refractivity contribution in [2.24, 2.45) is 0 Å². The van der Waals surface area contributed by atoms with Crippen LogP contribution in [0.5, 0.6) is 0 Å². The number of rotatable bonds is 6. The second kappa shape index (κ2) is 6.89. The number of aromatic nitrogens is 1. The number of thioether (sulfide) groups is 1. The van der Waals surface area contributed by atoms with Crippen LogP contribution < -0.4 is 4.57 Å². The molecule has 0 aliphatic rings. The molecule has 0 bridgehead atoms. The molecular weight excluding hydrogens is 202 g/mol. The number of pyridine rings is 1. The van der Waals surface area contributed by atoms with Gasteiger partial charge in [-0.25, -0.2) is 0 Å². The Balaban J connectivity index is 2.45. The fourth-order valence-electron chi connectivity index (χ4n) is 1.59. The normalized spacial score (nSPS) is 10.6. The predicted molar refractivity (Wildman–Crippen MR) is 68.1 cm³/mol. The molecule has 1 nitrogen and oxygen atoms in total. The zero-order valence-electron chi connectivity index (χ0n) is 10.1. The number of aryl methyl sites for hydroxylation is 2. The highest BCUT2D eigenvalue weighted by Gasteiger charge is 2.04. The van der Waals surface area contributed by atoms with Crippen molar-refractivity contribution in [1.82, 2.24) is 0 Å². The summed E-state index contributed by atoms with van der Waals surface area (Å²) in [5, 5.41) is 0. The number of hydrogen-bond acceptors (Lipinski definition) is 1. The molecule has 1 aromatic rings. The van der Waals surface area contributed by atoms with E-state index in [0.29, 0.717) is 0 Å². The molecule has 0 amide bonds. The lowest BCUT2D eigenvalue weighted by Crippen LogP contribution is -2.32. The predicted octanol–water partition coefficient (Wildman–Crippen LogP) is 3.34. The Morgan fingerprint density at radius 2 is 2.13 bits per heavy atom. The van der Waals surface area contributed by atoms with E-state index in [0.717, 1.165) is 12.3 Å². The van der Waals surface area contributed by atoms with Crippen LogP contribution in [0.3, 0.4) is 0 Å². The first kappa shape index (κ1) is 12.6. The maximum absolute atomic E-state index is 2.29. The molecule has 1 aromatic heterocycles. The van der Waals surface area contributed by atoms with Gasteiger partial charge in [0, 0.05) is 11.6 Å². The Kier molecular flexibility index (Phi) is 5.77. The van der Waals surface area contributed by atoms with E-state index in [4.69, 9.17) is 0 Å². The maximum Gasteiger partial charge on any atom is 0.194 e. The van der Waals surface area contributed by atoms with Crippen LogP contribution in [0.25, 0.3) is 0 Å². The first-order chi connectivity index (χ1) is 7.27. The largest absolute Gasteiger partial charge is 0.195 e. The minimum atomic E-state index is 1.09. The van der Waals surface area contributed by atoms with Crippen LogP contribution >= 0.6 is 11.8 Å². The van der Waals surface area contributed by atoms with Crippen molar-refractivity contribution >= 4 is 11.8 Å². The molecule has 0 fully saturated rings. The van der Waals surface area contributed by atoms with Gasteiger partial charge in [0.2, 0.25) is 0 Å². The van der Waals surface area contributed by atoms with E-state index < -0.39 is 0 Å². The summed E-state index contributed by atoms with van der Waals surface area (Å²) < 4.78 is 2.29. The number of hydrogen-bond donors (Lipinski definition) is 0. The summed E-state index contributed by atoms with van der Waals surface area (Å²) in [5.74, 6) is 2.36. The highest BCUT2D eigenvalue weighted by molar-refractivity contribution is 7.98. The molecule has 0 radical (unpaired) electrons. The van der Waals surface area contributed by atoms with Crippen LogP contribution in [-0.2, 0) is 12.3 Å². The highest BCUT2D eigenvalue weighted by atomic mass is 32.2. The van der Waals surface area contributed by atoms with Crippen molar-refractivity contribution in [2.75, 3.05) is 5.75 Å². The van der Waals surface area contributed by atoms with Crippen molar-refractivity contribution in [2.45, 2.75) is 45.9 Å². The summed E-state index contributed by atoms with van der Waals surface area (Å²) in [5.41, 5.74) is 2.88. The van der Waals surface area contributed by atoms with Gasteiger partial charge in [-0.3, -0.25) is 0 Å². The molecule has 0 N–H and O–H groups in total. The zero-order valence-corrected chi connectivity index (χ0v) is 10.9. The van der Waals surface area contributed by atoms with Gasteiger partial charge < -0.3 is 0 Å². The molecule has 15 heavy (non-hydrogen) atoms. The minimum absolute atomic E-state index is 1.09. The van der Waals surface area contributed by atoms with E-state index in [9.17, 15) is 0 Å². The molecule has 84 valence electrons. The number of unbranched alkanes of at least 4 members (excludes halogenated alkanes) is 1. The van der Waals surface area contributed by atoms with Crippen molar-refractivity contribution < 1.29 is 4.57 Å². The molecule has 1 rings (SSSR count). The average Bonchev–Trinajstić information content (AvgIpc) is 2.25. The third-order valence-electron chi connectivity index (χ3n) is 2.60. The summed E-state index contributed by atoms with van der Waals surface area (Å²) >= 11 is 2.02. The summed E-state index contributed by atoms with van der Waals surface area (Å²) in [4.78, 5) is 0. The van der Waals surface area contributed by atoms with Gasteiger partial charge in [0.25, 0.3) is 0 Å². The lowest BCUT2D eigenvalue weighted by Gasteiger charge is -2.02. The van der Waals surface area contributed by atoms with Gasteiger partial charge in [-0.05, 0) is 31.1 Å². The van der Waals surface area contributed by atoms with Crippen LogP contribution in [0.2, 0.25) is 0 Å². The minimum Gasteiger partial charge on any atom is -0.195 e. The Labute approximate surface area is 97.9 Å². The first-order valence-corrected chi connectivity index (χ1v) is 6.99. The Morgan fingerprint density at radius 1 is 1.33 bits per heavy atom. The van der Waals surface area contributed by atoms with E-state index in [1.807, 2.05) is 11.8 Å². The third kappa shape index (κ3) is 4.25. The van der Waals surface area contributed by atoms with Gasteiger partial charge >= 0.3 is 0 Å². The van der Waals surface area contributed by atoms with Crippen LogP contribution in [0.4, 0.5) is 0 Å². The van der Waals surface area contributed by atoms with Crippen molar-refractivity contribution in [3.8, 4) is 0 Å². The van der Waals surface area contributed by atoms with Crippen molar-refractivity contribution in [1.29, 1.82) is 0 Å². The SMILES string of the molecule is CCCCSC[n+]1ccc(CC)c(C)c1. The lowest BCUT2D eigenvalue weighted by molar-refractivity contribution is -0.676. The maximum atomic E-state index is 2.29. The Bertz CT molecular complexity index is 297. The van der Waals surface area contributed by atoms with Gasteiger partial charge in [0.15, 0.2) is 18.3 Å². The molecule has 0 aromatic carbocycles. The summed E-state index contributed by atoms with van der Waals surface area (Å²) in [6, 6.07) is 2.25. The van der Waals surface area contributed by atoms with Gasteiger partial charge in [-0.1, -0.05) is 32.0 Å². The van der Waals surface area contributed by atoms with Gasteiger partial charge in [-0.15, -0.1) is 0 Å². The molecule has 1 heterocycles. The molecule has 0 spiro atoms. The summed E-state index contributed by atoms with van der Waals surface area (Å²) in [7, 11) is 0. The molecule has 0 saturated carbocycles. The molecule has 2 heteroatoms. The molecule has 0 saturated heterocycles. The Morgan fingerprint density at radius 3 is 2.73 bits per heavy atom. The van der Waals surface area contributed by atoms with E-state index in [-0.39, 0.29) is 0 Å². The highest BCUT2D eigenvalue weighted by Crippen LogP contribution is 2.07. The smallest absolute Gasteiger partial charge is 0.194 e. The molecule has 0 atom stereocenters. The molecule has 0 unspecified atom stereocenters. The lowest BCUT2D eigenvalue weighted by atomic mass is 10.1. The van der Waals surface area contributed by atoms with E-state index >= 15 is 0 Å². The average molecular weight is 224 g/mol. The molecule has 0 aliphatic heterocycles. The van der Waals surface area contributed by atoms with Crippen LogP contribution in [0.15, 0.2) is 18.5 Å². The van der Waals surface area contributed by atoms with Crippen LogP contribution in [-0.4, -0.2) is 5.75 Å². The van der Waals surface area contributed by atoms with Crippen LogP contribution in [0.1, 0.15) is 37.8 Å². The van der Waals surface area contributed by atoms with Gasteiger partial charge in [-0.2, -0.15) is 4.57 Å².